The van der Waals surface area contributed by atoms with E-state index in [0.29, 0.717) is 12.2 Å². The molecule has 1 heterocycles. The lowest BCUT2D eigenvalue weighted by atomic mass is 10.0. The van der Waals surface area contributed by atoms with Crippen LogP contribution in [0.1, 0.15) is 58.9 Å². The summed E-state index contributed by atoms with van der Waals surface area (Å²) in [5, 5.41) is 7.45. The van der Waals surface area contributed by atoms with E-state index in [1.807, 2.05) is 26.8 Å². The molecule has 142 valence electrons. The number of hydrogen-bond acceptors (Lipinski definition) is 4. The summed E-state index contributed by atoms with van der Waals surface area (Å²) in [7, 11) is 0. The fourth-order valence-corrected chi connectivity index (χ4v) is 2.87. The van der Waals surface area contributed by atoms with E-state index in [1.165, 1.54) is 5.56 Å². The van der Waals surface area contributed by atoms with Crippen LogP contribution < -0.4 is 16.4 Å². The van der Waals surface area contributed by atoms with Crippen LogP contribution >= 0.6 is 0 Å². The molecule has 0 aliphatic heterocycles. The summed E-state index contributed by atoms with van der Waals surface area (Å²) in [6, 6.07) is 8.30. The van der Waals surface area contributed by atoms with E-state index in [9.17, 15) is 4.79 Å². The third kappa shape index (κ3) is 6.21. The van der Waals surface area contributed by atoms with Gasteiger partial charge in [-0.3, -0.25) is 4.79 Å². The minimum Gasteiger partial charge on any atom is -0.382 e. The Labute approximate surface area is 156 Å². The molecular formula is C21H32N4O. The van der Waals surface area contributed by atoms with Gasteiger partial charge in [-0.2, -0.15) is 0 Å². The van der Waals surface area contributed by atoms with Crippen molar-refractivity contribution in [3.05, 3.63) is 29.8 Å². The smallest absolute Gasteiger partial charge is 0.220 e. The number of rotatable bonds is 8. The van der Waals surface area contributed by atoms with Crippen molar-refractivity contribution in [2.24, 2.45) is 0 Å². The van der Waals surface area contributed by atoms with Crippen molar-refractivity contribution in [2.75, 3.05) is 17.6 Å². The molecular weight excluding hydrogens is 324 g/mol. The lowest BCUT2D eigenvalue weighted by Crippen LogP contribution is -2.40. The number of nitrogens with two attached hydrogens (primary N) is 1. The molecule has 1 aromatic carbocycles. The van der Waals surface area contributed by atoms with E-state index in [0.717, 1.165) is 48.8 Å². The van der Waals surface area contributed by atoms with Crippen molar-refractivity contribution in [1.82, 2.24) is 10.3 Å². The molecule has 0 saturated heterocycles. The molecule has 0 saturated carbocycles. The first-order valence-electron chi connectivity index (χ1n) is 9.52. The predicted molar refractivity (Wildman–Crippen MR) is 110 cm³/mol. The molecule has 0 atom stereocenters. The van der Waals surface area contributed by atoms with Crippen molar-refractivity contribution in [3.8, 4) is 0 Å². The normalized spacial score (nSPS) is 11.5. The Morgan fingerprint density at radius 2 is 1.96 bits per heavy atom. The quantitative estimate of drug-likeness (QED) is 0.617. The number of aromatic nitrogens is 1. The summed E-state index contributed by atoms with van der Waals surface area (Å²) in [6.45, 7) is 9.06. The van der Waals surface area contributed by atoms with Crippen LogP contribution in [0.4, 0.5) is 11.5 Å². The highest BCUT2D eigenvalue weighted by atomic mass is 16.1. The topological polar surface area (TPSA) is 80.0 Å². The number of amides is 1. The Bertz CT molecular complexity index is 749. The molecule has 1 aromatic heterocycles. The second-order valence-electron chi connectivity index (χ2n) is 7.88. The number of carbonyl (C=O) groups is 1. The fraction of sp³-hybridized carbons (Fsp3) is 0.524. The molecule has 0 spiro atoms. The van der Waals surface area contributed by atoms with Crippen molar-refractivity contribution in [3.63, 3.8) is 0 Å². The first-order valence-corrected chi connectivity index (χ1v) is 9.52. The number of nitrogens with zero attached hydrogens (tertiary/aromatic N) is 1. The van der Waals surface area contributed by atoms with Crippen molar-refractivity contribution >= 4 is 28.3 Å². The highest BCUT2D eigenvalue weighted by molar-refractivity contribution is 5.86. The van der Waals surface area contributed by atoms with Gasteiger partial charge in [0.1, 0.15) is 5.82 Å². The van der Waals surface area contributed by atoms with E-state index in [4.69, 9.17) is 5.73 Å². The number of aryl methyl sites for hydroxylation is 1. The third-order valence-electron chi connectivity index (χ3n) is 4.14. The zero-order valence-electron chi connectivity index (χ0n) is 16.5. The summed E-state index contributed by atoms with van der Waals surface area (Å²) >= 11 is 0. The highest BCUT2D eigenvalue weighted by Gasteiger charge is 2.13. The minimum atomic E-state index is -0.174. The van der Waals surface area contributed by atoms with Gasteiger partial charge in [0, 0.05) is 23.9 Å². The molecule has 5 nitrogen and oxygen atoms in total. The Balaban J connectivity index is 2.00. The average molecular weight is 357 g/mol. The van der Waals surface area contributed by atoms with Gasteiger partial charge < -0.3 is 16.4 Å². The molecule has 26 heavy (non-hydrogen) atoms. The van der Waals surface area contributed by atoms with E-state index >= 15 is 0 Å². The predicted octanol–water partition coefficient (Wildman–Crippen LogP) is 4.27. The molecule has 0 fully saturated rings. The summed E-state index contributed by atoms with van der Waals surface area (Å²) < 4.78 is 0. The van der Waals surface area contributed by atoms with Crippen LogP contribution in [0.25, 0.3) is 10.9 Å². The summed E-state index contributed by atoms with van der Waals surface area (Å²) in [5.41, 5.74) is 8.89. The summed E-state index contributed by atoms with van der Waals surface area (Å²) in [6.07, 6.45) is 4.49. The van der Waals surface area contributed by atoms with Crippen molar-refractivity contribution in [2.45, 2.75) is 65.3 Å². The lowest BCUT2D eigenvalue weighted by Gasteiger charge is -2.20. The van der Waals surface area contributed by atoms with Gasteiger partial charge in [-0.15, -0.1) is 0 Å². The monoisotopic (exact) mass is 356 g/mol. The van der Waals surface area contributed by atoms with Crippen LogP contribution in [-0.4, -0.2) is 23.0 Å². The number of pyridine rings is 1. The van der Waals surface area contributed by atoms with Gasteiger partial charge in [0.2, 0.25) is 5.91 Å². The molecule has 1 amide bonds. The second kappa shape index (κ2) is 8.88. The van der Waals surface area contributed by atoms with Crippen LogP contribution in [0.3, 0.4) is 0 Å². The average Bonchev–Trinajstić information content (AvgIpc) is 2.54. The lowest BCUT2D eigenvalue weighted by molar-refractivity contribution is -0.122. The molecule has 0 unspecified atom stereocenters. The molecule has 4 N–H and O–H groups in total. The first-order chi connectivity index (χ1) is 12.3. The maximum Gasteiger partial charge on any atom is 0.220 e. The van der Waals surface area contributed by atoms with Gasteiger partial charge in [0.25, 0.3) is 0 Å². The third-order valence-corrected chi connectivity index (χ3v) is 4.14. The number of nitrogen functional groups attached to an aromatic ring is 1. The number of carbonyl (C=O) groups excluding carboxylic acids is 1. The van der Waals surface area contributed by atoms with Crippen LogP contribution in [0, 0.1) is 0 Å². The SMILES string of the molecule is CCCCNc1cc2cc(CCCC(=O)NC(C)(C)C)ccc2nc1N. The van der Waals surface area contributed by atoms with E-state index in [2.05, 4.69) is 40.7 Å². The summed E-state index contributed by atoms with van der Waals surface area (Å²) in [4.78, 5) is 16.4. The number of benzene rings is 1. The zero-order chi connectivity index (χ0) is 19.2. The number of nitrogens with one attached hydrogen (secondary N) is 2. The maximum atomic E-state index is 11.9. The number of fused-ring (bicyclic) bond motifs is 1. The largest absolute Gasteiger partial charge is 0.382 e. The maximum absolute atomic E-state index is 11.9. The molecule has 2 aromatic rings. The first kappa shape index (κ1) is 20.0. The number of anilines is 2. The Kier molecular flexibility index (Phi) is 6.83. The summed E-state index contributed by atoms with van der Waals surface area (Å²) in [5.74, 6) is 0.648. The van der Waals surface area contributed by atoms with E-state index in [-0.39, 0.29) is 11.4 Å². The van der Waals surface area contributed by atoms with Crippen LogP contribution in [0.5, 0.6) is 0 Å². The molecule has 0 radical (unpaired) electrons. The molecule has 2 rings (SSSR count). The fourth-order valence-electron chi connectivity index (χ4n) is 2.87. The Morgan fingerprint density at radius 1 is 1.19 bits per heavy atom. The second-order valence-corrected chi connectivity index (χ2v) is 7.88. The zero-order valence-corrected chi connectivity index (χ0v) is 16.5. The number of unbranched alkanes of at least 4 members (excludes halogenated alkanes) is 1. The van der Waals surface area contributed by atoms with Crippen molar-refractivity contribution < 1.29 is 4.79 Å². The Morgan fingerprint density at radius 3 is 2.65 bits per heavy atom. The standard InChI is InChI=1S/C21H32N4O/c1-5-6-12-23-18-14-16-13-15(10-11-17(16)24-20(18)22)8-7-9-19(26)25-21(2,3)4/h10-11,13-14,23H,5-9,12H2,1-4H3,(H2,22,24)(H,25,26). The van der Waals surface area contributed by atoms with E-state index in [1.54, 1.807) is 0 Å². The van der Waals surface area contributed by atoms with Gasteiger partial charge in [0.05, 0.1) is 11.2 Å². The number of hydrogen-bond donors (Lipinski definition) is 3. The van der Waals surface area contributed by atoms with Crippen LogP contribution in [-0.2, 0) is 11.2 Å². The molecule has 0 aliphatic rings. The van der Waals surface area contributed by atoms with E-state index < -0.39 is 0 Å². The van der Waals surface area contributed by atoms with Crippen LogP contribution in [0.2, 0.25) is 0 Å². The van der Waals surface area contributed by atoms with Gasteiger partial charge in [-0.05, 0) is 63.8 Å². The van der Waals surface area contributed by atoms with Gasteiger partial charge in [-0.25, -0.2) is 4.98 Å². The molecule has 0 bridgehead atoms. The molecule has 0 aliphatic carbocycles. The Hall–Kier alpha value is -2.30. The van der Waals surface area contributed by atoms with Gasteiger partial charge >= 0.3 is 0 Å². The van der Waals surface area contributed by atoms with Crippen molar-refractivity contribution in [1.29, 1.82) is 0 Å². The van der Waals surface area contributed by atoms with Crippen LogP contribution in [0.15, 0.2) is 24.3 Å². The molecule has 5 heteroatoms. The minimum absolute atomic E-state index is 0.107. The van der Waals surface area contributed by atoms with Gasteiger partial charge in [0.15, 0.2) is 0 Å². The highest BCUT2D eigenvalue weighted by Crippen LogP contribution is 2.24. The van der Waals surface area contributed by atoms with Gasteiger partial charge in [-0.1, -0.05) is 19.4 Å².